The highest BCUT2D eigenvalue weighted by Gasteiger charge is 2.19. The molecule has 4 N–H and O–H groups in total. The molecule has 0 aromatic heterocycles. The lowest BCUT2D eigenvalue weighted by atomic mass is 10.1. The molecule has 1 aromatic carbocycles. The van der Waals surface area contributed by atoms with E-state index in [0.717, 1.165) is 31.9 Å². The van der Waals surface area contributed by atoms with Crippen molar-refractivity contribution in [3.63, 3.8) is 0 Å². The number of carbonyl (C=O) groups is 1. The molecule has 0 saturated carbocycles. The molecule has 1 aromatic rings. The molecule has 6 heteroatoms. The third-order valence-corrected chi connectivity index (χ3v) is 3.73. The van der Waals surface area contributed by atoms with Crippen molar-refractivity contribution in [1.29, 1.82) is 0 Å². The van der Waals surface area contributed by atoms with E-state index in [9.17, 15) is 4.79 Å². The van der Waals surface area contributed by atoms with Gasteiger partial charge in [0.2, 0.25) is 0 Å². The highest BCUT2D eigenvalue weighted by atomic mass is 16.5. The van der Waals surface area contributed by atoms with E-state index in [-0.39, 0.29) is 12.0 Å². The second kappa shape index (κ2) is 7.28. The van der Waals surface area contributed by atoms with Crippen LogP contribution < -0.4 is 16.4 Å². The molecule has 1 heterocycles. The number of nitrogens with zero attached hydrogens (tertiary/aromatic N) is 1. The van der Waals surface area contributed by atoms with Crippen LogP contribution in [0.15, 0.2) is 18.2 Å². The first-order valence-electron chi connectivity index (χ1n) is 7.33. The number of likely N-dealkylation sites (N-methyl/N-ethyl adjacent to an activating group) is 1. The predicted octanol–water partition coefficient (Wildman–Crippen LogP) is 0.761. The molecule has 0 aliphatic carbocycles. The van der Waals surface area contributed by atoms with Crippen LogP contribution in [0.4, 0.5) is 11.4 Å². The minimum absolute atomic E-state index is 0.137. The Morgan fingerprint density at radius 3 is 3.00 bits per heavy atom. The minimum atomic E-state index is -0.137. The van der Waals surface area contributed by atoms with Gasteiger partial charge in [-0.1, -0.05) is 6.92 Å². The Kier molecular flexibility index (Phi) is 5.41. The van der Waals surface area contributed by atoms with Gasteiger partial charge < -0.3 is 21.1 Å². The fourth-order valence-corrected chi connectivity index (χ4v) is 2.42. The van der Waals surface area contributed by atoms with E-state index in [1.165, 1.54) is 0 Å². The Balaban J connectivity index is 1.92. The van der Waals surface area contributed by atoms with E-state index in [0.29, 0.717) is 17.8 Å². The smallest absolute Gasteiger partial charge is 0.251 e. The van der Waals surface area contributed by atoms with Crippen LogP contribution in [0.3, 0.4) is 0 Å². The van der Waals surface area contributed by atoms with Gasteiger partial charge in [-0.25, -0.2) is 0 Å². The number of ether oxygens (including phenoxy) is 1. The number of carbonyl (C=O) groups excluding carboxylic acids is 1. The summed E-state index contributed by atoms with van der Waals surface area (Å²) in [7, 11) is 1.60. The molecule has 0 radical (unpaired) electrons. The summed E-state index contributed by atoms with van der Waals surface area (Å²) < 4.78 is 5.74. The zero-order valence-electron chi connectivity index (χ0n) is 12.7. The molecule has 2 rings (SSSR count). The molecule has 1 aliphatic heterocycles. The van der Waals surface area contributed by atoms with Gasteiger partial charge in [0, 0.05) is 32.2 Å². The number of morpholine rings is 1. The van der Waals surface area contributed by atoms with E-state index >= 15 is 0 Å². The van der Waals surface area contributed by atoms with E-state index in [4.69, 9.17) is 10.5 Å². The lowest BCUT2D eigenvalue weighted by Gasteiger charge is -2.32. The van der Waals surface area contributed by atoms with Crippen molar-refractivity contribution in [1.82, 2.24) is 10.2 Å². The van der Waals surface area contributed by atoms with Crippen LogP contribution in [-0.2, 0) is 4.74 Å². The summed E-state index contributed by atoms with van der Waals surface area (Å²) in [4.78, 5) is 13.9. The standard InChI is InChI=1S/C15H24N4O2/c1-3-19-6-7-21-12(10-19)9-18-14-5-4-11(8-13(14)16)15(20)17-2/h4-5,8,12,18H,3,6-7,9-10,16H2,1-2H3,(H,17,20). The average molecular weight is 292 g/mol. The number of hydrogen-bond acceptors (Lipinski definition) is 5. The van der Waals surface area contributed by atoms with Crippen molar-refractivity contribution < 1.29 is 9.53 Å². The zero-order chi connectivity index (χ0) is 15.2. The summed E-state index contributed by atoms with van der Waals surface area (Å²) in [6, 6.07) is 5.28. The van der Waals surface area contributed by atoms with Gasteiger partial charge in [-0.15, -0.1) is 0 Å². The molecule has 116 valence electrons. The number of anilines is 2. The Bertz CT molecular complexity index is 493. The number of rotatable bonds is 5. The lowest BCUT2D eigenvalue weighted by molar-refractivity contribution is -0.0191. The second-order valence-electron chi connectivity index (χ2n) is 5.15. The normalized spacial score (nSPS) is 19.2. The molecular weight excluding hydrogens is 268 g/mol. The number of amides is 1. The number of benzene rings is 1. The quantitative estimate of drug-likeness (QED) is 0.698. The van der Waals surface area contributed by atoms with Gasteiger partial charge in [-0.3, -0.25) is 9.69 Å². The van der Waals surface area contributed by atoms with Crippen molar-refractivity contribution in [3.8, 4) is 0 Å². The maximum Gasteiger partial charge on any atom is 0.251 e. The SMILES string of the molecule is CCN1CCOC(CNc2ccc(C(=O)NC)cc2N)C1. The first kappa shape index (κ1) is 15.6. The minimum Gasteiger partial charge on any atom is -0.397 e. The summed E-state index contributed by atoms with van der Waals surface area (Å²) in [5.74, 6) is -0.137. The molecule has 0 bridgehead atoms. The Hall–Kier alpha value is -1.79. The third-order valence-electron chi connectivity index (χ3n) is 3.73. The van der Waals surface area contributed by atoms with Gasteiger partial charge in [0.15, 0.2) is 0 Å². The van der Waals surface area contributed by atoms with Crippen molar-refractivity contribution in [2.45, 2.75) is 13.0 Å². The lowest BCUT2D eigenvalue weighted by Crippen LogP contribution is -2.45. The number of nitrogens with one attached hydrogen (secondary N) is 2. The van der Waals surface area contributed by atoms with E-state index in [2.05, 4.69) is 22.5 Å². The number of nitrogen functional groups attached to an aromatic ring is 1. The van der Waals surface area contributed by atoms with Crippen LogP contribution in [0.25, 0.3) is 0 Å². The molecule has 1 atom stereocenters. The third kappa shape index (κ3) is 4.09. The molecule has 0 spiro atoms. The largest absolute Gasteiger partial charge is 0.397 e. The maximum atomic E-state index is 11.5. The monoisotopic (exact) mass is 292 g/mol. The maximum absolute atomic E-state index is 11.5. The molecule has 1 saturated heterocycles. The van der Waals surface area contributed by atoms with Gasteiger partial charge in [-0.2, -0.15) is 0 Å². The summed E-state index contributed by atoms with van der Waals surface area (Å²) in [6.45, 7) is 6.61. The van der Waals surface area contributed by atoms with Gasteiger partial charge in [0.25, 0.3) is 5.91 Å². The first-order valence-corrected chi connectivity index (χ1v) is 7.33. The van der Waals surface area contributed by atoms with E-state index < -0.39 is 0 Å². The van der Waals surface area contributed by atoms with Crippen LogP contribution in [-0.4, -0.2) is 56.7 Å². The van der Waals surface area contributed by atoms with Gasteiger partial charge in [-0.05, 0) is 24.7 Å². The Morgan fingerprint density at radius 1 is 1.52 bits per heavy atom. The number of nitrogens with two attached hydrogens (primary N) is 1. The van der Waals surface area contributed by atoms with Gasteiger partial charge >= 0.3 is 0 Å². The Labute approximate surface area is 125 Å². The molecule has 1 unspecified atom stereocenters. The van der Waals surface area contributed by atoms with Crippen LogP contribution in [0.5, 0.6) is 0 Å². The summed E-state index contributed by atoms with van der Waals surface area (Å²) in [5.41, 5.74) is 7.95. The summed E-state index contributed by atoms with van der Waals surface area (Å²) in [5, 5.41) is 5.89. The molecule has 21 heavy (non-hydrogen) atoms. The predicted molar refractivity (Wildman–Crippen MR) is 84.6 cm³/mol. The number of hydrogen-bond donors (Lipinski definition) is 3. The van der Waals surface area contributed by atoms with Crippen molar-refractivity contribution >= 4 is 17.3 Å². The fraction of sp³-hybridized carbons (Fsp3) is 0.533. The van der Waals surface area contributed by atoms with Crippen molar-refractivity contribution in [2.75, 3.05) is 50.9 Å². The summed E-state index contributed by atoms with van der Waals surface area (Å²) in [6.07, 6.45) is 0.164. The highest BCUT2D eigenvalue weighted by Crippen LogP contribution is 2.20. The van der Waals surface area contributed by atoms with Gasteiger partial charge in [0.1, 0.15) is 0 Å². The molecular formula is C15H24N4O2. The molecule has 1 aliphatic rings. The van der Waals surface area contributed by atoms with Crippen molar-refractivity contribution in [2.24, 2.45) is 0 Å². The van der Waals surface area contributed by atoms with E-state index in [1.54, 1.807) is 19.2 Å². The Morgan fingerprint density at radius 2 is 2.33 bits per heavy atom. The molecule has 1 fully saturated rings. The molecule has 6 nitrogen and oxygen atoms in total. The van der Waals surface area contributed by atoms with Crippen molar-refractivity contribution in [3.05, 3.63) is 23.8 Å². The van der Waals surface area contributed by atoms with E-state index in [1.807, 2.05) is 6.07 Å². The van der Waals surface area contributed by atoms with Gasteiger partial charge in [0.05, 0.1) is 24.1 Å². The van der Waals surface area contributed by atoms with Crippen LogP contribution in [0.1, 0.15) is 17.3 Å². The molecule has 1 amide bonds. The van der Waals surface area contributed by atoms with Crippen LogP contribution in [0, 0.1) is 0 Å². The topological polar surface area (TPSA) is 79.6 Å². The van der Waals surface area contributed by atoms with Crippen LogP contribution >= 0.6 is 0 Å². The zero-order valence-corrected chi connectivity index (χ0v) is 12.7. The highest BCUT2D eigenvalue weighted by molar-refractivity contribution is 5.95. The average Bonchev–Trinajstić information content (AvgIpc) is 2.53. The fourth-order valence-electron chi connectivity index (χ4n) is 2.42. The second-order valence-corrected chi connectivity index (χ2v) is 5.15. The van der Waals surface area contributed by atoms with Crippen LogP contribution in [0.2, 0.25) is 0 Å². The summed E-state index contributed by atoms with van der Waals surface area (Å²) >= 11 is 0. The first-order chi connectivity index (χ1) is 10.1.